The van der Waals surface area contributed by atoms with Gasteiger partial charge in [0, 0.05) is 5.69 Å². The average Bonchev–Trinajstić information content (AvgIpc) is 2.78. The lowest BCUT2D eigenvalue weighted by atomic mass is 9.76. The van der Waals surface area contributed by atoms with Crippen LogP contribution in [0.2, 0.25) is 0 Å². The molecule has 0 spiro atoms. The SMILES string of the molecule is Cc1ccc2c(c1)[C@](C)(c1ccc3c(c1)CCC(C)(C)O3)C(=O)N2. The smallest absolute Gasteiger partial charge is 0.239 e. The van der Waals surface area contributed by atoms with Crippen LogP contribution in [0, 0.1) is 6.92 Å². The molecule has 24 heavy (non-hydrogen) atoms. The van der Waals surface area contributed by atoms with E-state index in [9.17, 15) is 4.79 Å². The van der Waals surface area contributed by atoms with Crippen molar-refractivity contribution in [2.45, 2.75) is 51.6 Å². The Balaban J connectivity index is 1.82. The third kappa shape index (κ3) is 2.15. The standard InChI is InChI=1S/C21H23NO2/c1-13-5-7-17-16(11-13)21(4,19(23)22-17)15-6-8-18-14(12-15)9-10-20(2,3)24-18/h5-8,11-12H,9-10H2,1-4H3,(H,22,23)/t21-/m0/s1. The second kappa shape index (κ2) is 4.85. The van der Waals surface area contributed by atoms with Gasteiger partial charge in [0.05, 0.1) is 5.41 Å². The molecule has 1 N–H and O–H groups in total. The van der Waals surface area contributed by atoms with Crippen LogP contribution in [-0.4, -0.2) is 11.5 Å². The maximum atomic E-state index is 12.8. The lowest BCUT2D eigenvalue weighted by molar-refractivity contribution is -0.119. The summed E-state index contributed by atoms with van der Waals surface area (Å²) in [5, 5.41) is 3.04. The van der Waals surface area contributed by atoms with E-state index >= 15 is 0 Å². The van der Waals surface area contributed by atoms with Gasteiger partial charge in [-0.3, -0.25) is 4.79 Å². The van der Waals surface area contributed by atoms with Gasteiger partial charge in [-0.05, 0) is 69.4 Å². The number of carbonyl (C=O) groups is 1. The normalized spacial score (nSPS) is 23.9. The first-order valence-electron chi connectivity index (χ1n) is 8.55. The molecule has 2 aromatic carbocycles. The molecule has 3 heteroatoms. The van der Waals surface area contributed by atoms with Gasteiger partial charge in [-0.15, -0.1) is 0 Å². The zero-order chi connectivity index (χ0) is 17.1. The van der Waals surface area contributed by atoms with Crippen LogP contribution in [0.1, 0.15) is 49.4 Å². The third-order valence-corrected chi connectivity index (χ3v) is 5.44. The quantitative estimate of drug-likeness (QED) is 0.847. The highest BCUT2D eigenvalue weighted by atomic mass is 16.5. The van der Waals surface area contributed by atoms with E-state index in [1.807, 2.05) is 31.2 Å². The molecule has 2 aliphatic heterocycles. The molecule has 2 aromatic rings. The van der Waals surface area contributed by atoms with E-state index < -0.39 is 5.41 Å². The lowest BCUT2D eigenvalue weighted by Crippen LogP contribution is -2.34. The van der Waals surface area contributed by atoms with Crippen LogP contribution in [0.15, 0.2) is 36.4 Å². The number of ether oxygens (including phenoxy) is 1. The molecular formula is C21H23NO2. The fraction of sp³-hybridized carbons (Fsp3) is 0.381. The number of carbonyl (C=O) groups excluding carboxylic acids is 1. The maximum Gasteiger partial charge on any atom is 0.239 e. The number of aryl methyl sites for hydroxylation is 2. The summed E-state index contributed by atoms with van der Waals surface area (Å²) in [6, 6.07) is 12.4. The van der Waals surface area contributed by atoms with Crippen molar-refractivity contribution < 1.29 is 9.53 Å². The van der Waals surface area contributed by atoms with Crippen molar-refractivity contribution in [3.05, 3.63) is 58.7 Å². The van der Waals surface area contributed by atoms with Crippen molar-refractivity contribution in [2.24, 2.45) is 0 Å². The molecule has 2 aliphatic rings. The molecule has 0 aliphatic carbocycles. The van der Waals surface area contributed by atoms with Gasteiger partial charge in [-0.1, -0.05) is 29.8 Å². The zero-order valence-corrected chi connectivity index (χ0v) is 14.7. The molecule has 0 saturated carbocycles. The minimum Gasteiger partial charge on any atom is -0.488 e. The third-order valence-electron chi connectivity index (χ3n) is 5.44. The van der Waals surface area contributed by atoms with Crippen molar-refractivity contribution in [1.29, 1.82) is 0 Å². The maximum absolute atomic E-state index is 12.8. The Bertz CT molecular complexity index is 853. The molecular weight excluding hydrogens is 298 g/mol. The largest absolute Gasteiger partial charge is 0.488 e. The number of nitrogens with one attached hydrogen (secondary N) is 1. The zero-order valence-electron chi connectivity index (χ0n) is 14.7. The van der Waals surface area contributed by atoms with Crippen LogP contribution in [0.25, 0.3) is 0 Å². The van der Waals surface area contributed by atoms with Crippen LogP contribution in [0.4, 0.5) is 5.69 Å². The number of benzene rings is 2. The van der Waals surface area contributed by atoms with Crippen LogP contribution >= 0.6 is 0 Å². The van der Waals surface area contributed by atoms with E-state index in [2.05, 4.69) is 38.2 Å². The van der Waals surface area contributed by atoms with E-state index in [1.54, 1.807) is 0 Å². The highest BCUT2D eigenvalue weighted by molar-refractivity contribution is 6.08. The summed E-state index contributed by atoms with van der Waals surface area (Å²) in [6.45, 7) is 8.32. The number of anilines is 1. The molecule has 3 nitrogen and oxygen atoms in total. The summed E-state index contributed by atoms with van der Waals surface area (Å²) in [6.07, 6.45) is 1.97. The topological polar surface area (TPSA) is 38.3 Å². The van der Waals surface area contributed by atoms with E-state index in [1.165, 1.54) is 11.1 Å². The van der Waals surface area contributed by atoms with Crippen molar-refractivity contribution in [3.8, 4) is 5.75 Å². The Morgan fingerprint density at radius 2 is 1.88 bits per heavy atom. The number of amides is 1. The first kappa shape index (κ1) is 15.3. The van der Waals surface area contributed by atoms with E-state index in [-0.39, 0.29) is 11.5 Å². The molecule has 124 valence electrons. The van der Waals surface area contributed by atoms with Gasteiger partial charge in [0.2, 0.25) is 5.91 Å². The Morgan fingerprint density at radius 1 is 1.08 bits per heavy atom. The average molecular weight is 321 g/mol. The highest BCUT2D eigenvalue weighted by Crippen LogP contribution is 2.45. The number of hydrogen-bond donors (Lipinski definition) is 1. The Labute approximate surface area is 143 Å². The molecule has 2 heterocycles. The summed E-state index contributed by atoms with van der Waals surface area (Å²) in [5.74, 6) is 0.988. The Kier molecular flexibility index (Phi) is 3.08. The first-order valence-corrected chi connectivity index (χ1v) is 8.55. The highest BCUT2D eigenvalue weighted by Gasteiger charge is 2.44. The minimum absolute atomic E-state index is 0.0418. The summed E-state index contributed by atoms with van der Waals surface area (Å²) in [4.78, 5) is 12.8. The van der Waals surface area contributed by atoms with E-state index in [0.29, 0.717) is 0 Å². The van der Waals surface area contributed by atoms with E-state index in [4.69, 9.17) is 4.74 Å². The van der Waals surface area contributed by atoms with Crippen LogP contribution in [-0.2, 0) is 16.6 Å². The molecule has 1 atom stereocenters. The fourth-order valence-corrected chi connectivity index (χ4v) is 3.81. The lowest BCUT2D eigenvalue weighted by Gasteiger charge is -2.33. The van der Waals surface area contributed by atoms with Crippen LogP contribution < -0.4 is 10.1 Å². The number of rotatable bonds is 1. The van der Waals surface area contributed by atoms with Gasteiger partial charge in [-0.2, -0.15) is 0 Å². The van der Waals surface area contributed by atoms with Gasteiger partial charge >= 0.3 is 0 Å². The van der Waals surface area contributed by atoms with Gasteiger partial charge in [-0.25, -0.2) is 0 Å². The molecule has 0 fully saturated rings. The van der Waals surface area contributed by atoms with Gasteiger partial charge in [0.1, 0.15) is 11.4 Å². The van der Waals surface area contributed by atoms with Gasteiger partial charge < -0.3 is 10.1 Å². The van der Waals surface area contributed by atoms with E-state index in [0.717, 1.165) is 35.4 Å². The fourth-order valence-electron chi connectivity index (χ4n) is 3.81. The predicted molar refractivity (Wildman–Crippen MR) is 95.7 cm³/mol. The molecule has 0 bridgehead atoms. The Hall–Kier alpha value is -2.29. The van der Waals surface area contributed by atoms with Crippen molar-refractivity contribution >= 4 is 11.6 Å². The van der Waals surface area contributed by atoms with Gasteiger partial charge in [0.15, 0.2) is 0 Å². The molecule has 0 aromatic heterocycles. The predicted octanol–water partition coefficient (Wildman–Crippen LogP) is 4.36. The van der Waals surface area contributed by atoms with Crippen molar-refractivity contribution in [2.75, 3.05) is 5.32 Å². The summed E-state index contributed by atoms with van der Waals surface area (Å²) in [5.41, 5.74) is 4.61. The Morgan fingerprint density at radius 3 is 2.67 bits per heavy atom. The minimum atomic E-state index is -0.649. The second-order valence-electron chi connectivity index (χ2n) is 7.81. The summed E-state index contributed by atoms with van der Waals surface area (Å²) in [7, 11) is 0. The summed E-state index contributed by atoms with van der Waals surface area (Å²) < 4.78 is 6.08. The molecule has 0 radical (unpaired) electrons. The van der Waals surface area contributed by atoms with Gasteiger partial charge in [0.25, 0.3) is 0 Å². The molecule has 0 saturated heterocycles. The molecule has 4 rings (SSSR count). The number of fused-ring (bicyclic) bond motifs is 2. The number of hydrogen-bond acceptors (Lipinski definition) is 2. The molecule has 0 unspecified atom stereocenters. The van der Waals surface area contributed by atoms with Crippen LogP contribution in [0.3, 0.4) is 0 Å². The van der Waals surface area contributed by atoms with Crippen molar-refractivity contribution in [1.82, 2.24) is 0 Å². The molecule has 1 amide bonds. The monoisotopic (exact) mass is 321 g/mol. The van der Waals surface area contributed by atoms with Crippen LogP contribution in [0.5, 0.6) is 5.75 Å². The van der Waals surface area contributed by atoms with Crippen molar-refractivity contribution in [3.63, 3.8) is 0 Å². The first-order chi connectivity index (χ1) is 11.3. The second-order valence-corrected chi connectivity index (χ2v) is 7.81. The summed E-state index contributed by atoms with van der Waals surface area (Å²) >= 11 is 0.